The van der Waals surface area contributed by atoms with Gasteiger partial charge < -0.3 is 9.67 Å². The van der Waals surface area contributed by atoms with Crippen molar-refractivity contribution in [3.8, 4) is 0 Å². The first-order valence-corrected chi connectivity index (χ1v) is 7.31. The standard InChI is InChI=1S/C14H16FIN2O2/c1-14(2,3)11(7-19)18-5-4-10(20)8-6-9(16)12(15)17-13(8)18/h4-6,11,19H,7H2,1-3H3/t11-/m1/s1. The molecular formula is C14H16FIN2O2. The Labute approximate surface area is 129 Å². The van der Waals surface area contributed by atoms with E-state index >= 15 is 0 Å². The number of pyridine rings is 2. The van der Waals surface area contributed by atoms with E-state index < -0.39 is 5.95 Å². The van der Waals surface area contributed by atoms with Crippen molar-refractivity contribution in [2.75, 3.05) is 6.61 Å². The molecule has 0 fully saturated rings. The Morgan fingerprint density at radius 2 is 2.15 bits per heavy atom. The van der Waals surface area contributed by atoms with Gasteiger partial charge in [-0.2, -0.15) is 4.39 Å². The minimum absolute atomic E-state index is 0.114. The van der Waals surface area contributed by atoms with Gasteiger partial charge in [0, 0.05) is 12.3 Å². The van der Waals surface area contributed by atoms with Crippen molar-refractivity contribution >= 4 is 33.6 Å². The van der Waals surface area contributed by atoms with Gasteiger partial charge in [0.15, 0.2) is 5.43 Å². The number of hydrogen-bond donors (Lipinski definition) is 1. The molecular weight excluding hydrogens is 374 g/mol. The van der Waals surface area contributed by atoms with Crippen molar-refractivity contribution in [3.63, 3.8) is 0 Å². The molecule has 1 atom stereocenters. The minimum Gasteiger partial charge on any atom is -0.394 e. The van der Waals surface area contributed by atoms with Gasteiger partial charge in [0.25, 0.3) is 0 Å². The number of aromatic nitrogens is 2. The highest BCUT2D eigenvalue weighted by Gasteiger charge is 2.27. The van der Waals surface area contributed by atoms with E-state index in [-0.39, 0.29) is 29.1 Å². The molecule has 2 aromatic rings. The lowest BCUT2D eigenvalue weighted by Crippen LogP contribution is -2.29. The Balaban J connectivity index is 2.81. The van der Waals surface area contributed by atoms with Gasteiger partial charge >= 0.3 is 0 Å². The summed E-state index contributed by atoms with van der Waals surface area (Å²) in [5, 5.41) is 10.0. The number of hydrogen-bond acceptors (Lipinski definition) is 3. The largest absolute Gasteiger partial charge is 0.394 e. The molecule has 108 valence electrons. The molecule has 0 bridgehead atoms. The van der Waals surface area contributed by atoms with E-state index in [1.54, 1.807) is 10.8 Å². The third kappa shape index (κ3) is 2.71. The van der Waals surface area contributed by atoms with E-state index in [9.17, 15) is 14.3 Å². The number of halogens is 2. The first-order chi connectivity index (χ1) is 9.25. The second kappa shape index (κ2) is 5.40. The summed E-state index contributed by atoms with van der Waals surface area (Å²) in [6.07, 6.45) is 1.57. The smallest absolute Gasteiger partial charge is 0.228 e. The molecule has 6 heteroatoms. The van der Waals surface area contributed by atoms with E-state index in [0.717, 1.165) is 0 Å². The Morgan fingerprint density at radius 3 is 2.70 bits per heavy atom. The molecule has 4 nitrogen and oxygen atoms in total. The second-order valence-electron chi connectivity index (χ2n) is 5.78. The molecule has 1 N–H and O–H groups in total. The van der Waals surface area contributed by atoms with Crippen molar-refractivity contribution in [3.05, 3.63) is 38.1 Å². The van der Waals surface area contributed by atoms with Crippen LogP contribution in [0.3, 0.4) is 0 Å². The zero-order valence-corrected chi connectivity index (χ0v) is 13.7. The van der Waals surface area contributed by atoms with Gasteiger partial charge in [-0.05, 0) is 34.1 Å². The zero-order chi connectivity index (χ0) is 15.1. The number of fused-ring (bicyclic) bond motifs is 1. The fourth-order valence-corrected chi connectivity index (χ4v) is 2.61. The maximum absolute atomic E-state index is 13.7. The third-order valence-electron chi connectivity index (χ3n) is 3.32. The molecule has 0 aliphatic rings. The summed E-state index contributed by atoms with van der Waals surface area (Å²) in [5.41, 5.74) is -0.186. The van der Waals surface area contributed by atoms with Crippen LogP contribution in [0.1, 0.15) is 26.8 Å². The molecule has 2 rings (SSSR count). The lowest BCUT2D eigenvalue weighted by atomic mass is 9.87. The monoisotopic (exact) mass is 390 g/mol. The number of rotatable bonds is 2. The first kappa shape index (κ1) is 15.4. The van der Waals surface area contributed by atoms with Gasteiger partial charge in [-0.1, -0.05) is 20.8 Å². The Kier molecular flexibility index (Phi) is 4.15. The lowest BCUT2D eigenvalue weighted by molar-refractivity contribution is 0.139. The minimum atomic E-state index is -0.608. The maximum atomic E-state index is 13.7. The summed E-state index contributed by atoms with van der Waals surface area (Å²) >= 11 is 1.81. The summed E-state index contributed by atoms with van der Waals surface area (Å²) in [6, 6.07) is 2.62. The summed E-state index contributed by atoms with van der Waals surface area (Å²) < 4.78 is 15.7. The van der Waals surface area contributed by atoms with Crippen LogP contribution in [0.4, 0.5) is 4.39 Å². The summed E-state index contributed by atoms with van der Waals surface area (Å²) in [5.74, 6) is -0.608. The van der Waals surface area contributed by atoms with Crippen LogP contribution in [0.2, 0.25) is 0 Å². The van der Waals surface area contributed by atoms with Gasteiger partial charge in [-0.3, -0.25) is 4.79 Å². The molecule has 0 unspecified atom stereocenters. The van der Waals surface area contributed by atoms with Gasteiger partial charge in [-0.25, -0.2) is 4.98 Å². The van der Waals surface area contributed by atoms with Crippen molar-refractivity contribution < 1.29 is 9.50 Å². The highest BCUT2D eigenvalue weighted by atomic mass is 127. The zero-order valence-electron chi connectivity index (χ0n) is 11.5. The number of aliphatic hydroxyl groups is 1. The van der Waals surface area contributed by atoms with Crippen LogP contribution in [-0.2, 0) is 0 Å². The Hall–Kier alpha value is -1.02. The first-order valence-electron chi connectivity index (χ1n) is 6.23. The van der Waals surface area contributed by atoms with E-state index in [1.807, 2.05) is 43.4 Å². The molecule has 0 aliphatic carbocycles. The van der Waals surface area contributed by atoms with Crippen molar-refractivity contribution in [1.82, 2.24) is 9.55 Å². The third-order valence-corrected chi connectivity index (χ3v) is 4.07. The molecule has 2 aromatic heterocycles. The predicted octanol–water partition coefficient (Wildman–Crippen LogP) is 2.72. The predicted molar refractivity (Wildman–Crippen MR) is 84.3 cm³/mol. The van der Waals surface area contributed by atoms with E-state index in [2.05, 4.69) is 4.98 Å². The van der Waals surface area contributed by atoms with Gasteiger partial charge in [-0.15, -0.1) is 0 Å². The number of aliphatic hydroxyl groups excluding tert-OH is 1. The van der Waals surface area contributed by atoms with Crippen LogP contribution in [0.25, 0.3) is 11.0 Å². The van der Waals surface area contributed by atoms with Crippen LogP contribution in [0, 0.1) is 14.9 Å². The molecule has 0 radical (unpaired) electrons. The van der Waals surface area contributed by atoms with E-state index in [4.69, 9.17) is 0 Å². The number of nitrogens with zero attached hydrogens (tertiary/aromatic N) is 2. The van der Waals surface area contributed by atoms with Crippen LogP contribution in [0.5, 0.6) is 0 Å². The topological polar surface area (TPSA) is 55.1 Å². The van der Waals surface area contributed by atoms with Crippen LogP contribution in [-0.4, -0.2) is 21.3 Å². The van der Waals surface area contributed by atoms with Crippen LogP contribution in [0.15, 0.2) is 23.1 Å². The average Bonchev–Trinajstić information content (AvgIpc) is 2.34. The Morgan fingerprint density at radius 1 is 1.50 bits per heavy atom. The molecule has 20 heavy (non-hydrogen) atoms. The second-order valence-corrected chi connectivity index (χ2v) is 6.95. The van der Waals surface area contributed by atoms with E-state index in [1.165, 1.54) is 12.1 Å². The Bertz CT molecular complexity index is 707. The quantitative estimate of drug-likeness (QED) is 0.634. The SMILES string of the molecule is CC(C)(C)[C@@H](CO)n1ccc(=O)c2cc(I)c(F)nc21. The molecule has 0 aliphatic heterocycles. The van der Waals surface area contributed by atoms with Gasteiger partial charge in [0.05, 0.1) is 21.6 Å². The highest BCUT2D eigenvalue weighted by Crippen LogP contribution is 2.31. The molecule has 2 heterocycles. The summed E-state index contributed by atoms with van der Waals surface area (Å²) in [4.78, 5) is 15.8. The van der Waals surface area contributed by atoms with Crippen LogP contribution >= 0.6 is 22.6 Å². The lowest BCUT2D eigenvalue weighted by Gasteiger charge is -2.32. The van der Waals surface area contributed by atoms with Crippen molar-refractivity contribution in [2.24, 2.45) is 5.41 Å². The van der Waals surface area contributed by atoms with E-state index in [0.29, 0.717) is 8.96 Å². The normalized spacial score (nSPS) is 13.7. The molecule has 0 saturated carbocycles. The molecule has 0 saturated heterocycles. The van der Waals surface area contributed by atoms with Gasteiger partial charge in [0.2, 0.25) is 5.95 Å². The highest BCUT2D eigenvalue weighted by molar-refractivity contribution is 14.1. The average molecular weight is 390 g/mol. The van der Waals surface area contributed by atoms with Crippen LogP contribution < -0.4 is 5.43 Å². The van der Waals surface area contributed by atoms with Gasteiger partial charge in [0.1, 0.15) is 5.65 Å². The summed E-state index contributed by atoms with van der Waals surface area (Å²) in [6.45, 7) is 5.80. The molecule has 0 amide bonds. The molecule has 0 aromatic carbocycles. The van der Waals surface area contributed by atoms with Crippen molar-refractivity contribution in [1.29, 1.82) is 0 Å². The molecule has 0 spiro atoms. The summed E-state index contributed by atoms with van der Waals surface area (Å²) in [7, 11) is 0. The fraction of sp³-hybridized carbons (Fsp3) is 0.429. The maximum Gasteiger partial charge on any atom is 0.228 e. The van der Waals surface area contributed by atoms with Crippen molar-refractivity contribution in [2.45, 2.75) is 26.8 Å². The fourth-order valence-electron chi connectivity index (χ4n) is 2.17.